The van der Waals surface area contributed by atoms with Gasteiger partial charge >= 0.3 is 0 Å². The van der Waals surface area contributed by atoms with Gasteiger partial charge < -0.3 is 10.2 Å². The van der Waals surface area contributed by atoms with Crippen molar-refractivity contribution < 1.29 is 14.0 Å². The Kier molecular flexibility index (Phi) is 6.52. The molecule has 1 aliphatic carbocycles. The van der Waals surface area contributed by atoms with Crippen molar-refractivity contribution in [3.05, 3.63) is 52.0 Å². The Labute approximate surface area is 181 Å². The maximum Gasteiger partial charge on any atom is 0.244 e. The molecule has 0 radical (unpaired) electrons. The maximum absolute atomic E-state index is 14.2. The second-order valence-electron chi connectivity index (χ2n) is 8.52. The summed E-state index contributed by atoms with van der Waals surface area (Å²) in [6.07, 6.45) is 7.60. The summed E-state index contributed by atoms with van der Waals surface area (Å²) in [6, 6.07) is 7.84. The van der Waals surface area contributed by atoms with Gasteiger partial charge in [0.25, 0.3) is 0 Å². The molecule has 1 unspecified atom stereocenters. The number of carbonyl (C=O) groups excluding carboxylic acids is 2. The number of hydrogen-bond donors (Lipinski definition) is 1. The number of thiophene rings is 1. The Morgan fingerprint density at radius 2 is 2.03 bits per heavy atom. The Morgan fingerprint density at radius 3 is 2.73 bits per heavy atom. The van der Waals surface area contributed by atoms with Crippen LogP contribution in [0.2, 0.25) is 0 Å². The lowest BCUT2D eigenvalue weighted by Crippen LogP contribution is -2.43. The van der Waals surface area contributed by atoms with Gasteiger partial charge in [0.2, 0.25) is 11.8 Å². The fraction of sp³-hybridized carbons (Fsp3) is 0.500. The van der Waals surface area contributed by atoms with Gasteiger partial charge in [0.1, 0.15) is 12.4 Å². The molecule has 6 heteroatoms. The van der Waals surface area contributed by atoms with Crippen LogP contribution in [-0.4, -0.2) is 23.3 Å². The first kappa shape index (κ1) is 21.0. The molecule has 30 heavy (non-hydrogen) atoms. The summed E-state index contributed by atoms with van der Waals surface area (Å²) >= 11 is 1.53. The maximum atomic E-state index is 14.2. The number of rotatable bonds is 5. The molecule has 4 nitrogen and oxygen atoms in total. The normalized spacial score (nSPS) is 24.1. The molecule has 1 aromatic carbocycles. The van der Waals surface area contributed by atoms with Crippen LogP contribution in [-0.2, 0) is 9.59 Å². The van der Waals surface area contributed by atoms with E-state index in [0.29, 0.717) is 17.2 Å². The molecule has 1 atom stereocenters. The molecule has 1 aromatic heterocycles. The molecular weight excluding hydrogens is 399 g/mol. The molecule has 0 spiro atoms. The van der Waals surface area contributed by atoms with E-state index in [1.807, 2.05) is 17.5 Å². The highest BCUT2D eigenvalue weighted by molar-refractivity contribution is 7.10. The Bertz CT molecular complexity index is 891. The lowest BCUT2D eigenvalue weighted by molar-refractivity contribution is -0.141. The summed E-state index contributed by atoms with van der Waals surface area (Å²) in [5.41, 5.74) is 1.23. The number of halogens is 1. The third-order valence-electron chi connectivity index (χ3n) is 6.47. The molecule has 0 bridgehead atoms. The van der Waals surface area contributed by atoms with Crippen LogP contribution < -0.4 is 5.32 Å². The van der Waals surface area contributed by atoms with E-state index in [2.05, 4.69) is 12.2 Å². The first-order chi connectivity index (χ1) is 14.6. The van der Waals surface area contributed by atoms with Crippen LogP contribution in [0.1, 0.15) is 68.4 Å². The van der Waals surface area contributed by atoms with E-state index in [4.69, 9.17) is 0 Å². The third-order valence-corrected chi connectivity index (χ3v) is 7.39. The van der Waals surface area contributed by atoms with Crippen molar-refractivity contribution in [2.75, 3.05) is 11.9 Å². The SMILES string of the molecule is CCCCC1CCC(C(=O)N2CC(=O)Nc3ccc(F)cc3C2c2cccs2)CC1. The Hall–Kier alpha value is -2.21. The summed E-state index contributed by atoms with van der Waals surface area (Å²) in [4.78, 5) is 28.9. The molecule has 1 N–H and O–H groups in total. The second kappa shape index (κ2) is 9.29. The van der Waals surface area contributed by atoms with Crippen molar-refractivity contribution in [1.29, 1.82) is 0 Å². The number of benzene rings is 1. The van der Waals surface area contributed by atoms with Gasteiger partial charge in [-0.1, -0.05) is 32.3 Å². The minimum atomic E-state index is -0.444. The molecular formula is C24H29FN2O2S. The average Bonchev–Trinajstić information content (AvgIpc) is 3.23. The number of amides is 2. The monoisotopic (exact) mass is 428 g/mol. The van der Waals surface area contributed by atoms with E-state index in [1.54, 1.807) is 11.0 Å². The summed E-state index contributed by atoms with van der Waals surface area (Å²) in [5.74, 6) is 0.0781. The summed E-state index contributed by atoms with van der Waals surface area (Å²) in [5, 5.41) is 4.82. The van der Waals surface area contributed by atoms with Crippen LogP contribution in [0.15, 0.2) is 35.7 Å². The number of unbranched alkanes of at least 4 members (excludes halogenated alkanes) is 1. The lowest BCUT2D eigenvalue weighted by Gasteiger charge is -2.35. The molecule has 2 heterocycles. The average molecular weight is 429 g/mol. The van der Waals surface area contributed by atoms with Crippen LogP contribution in [0.4, 0.5) is 10.1 Å². The zero-order chi connectivity index (χ0) is 21.1. The van der Waals surface area contributed by atoms with Crippen molar-refractivity contribution in [2.24, 2.45) is 11.8 Å². The van der Waals surface area contributed by atoms with Gasteiger partial charge in [0.05, 0.1) is 6.04 Å². The van der Waals surface area contributed by atoms with Crippen LogP contribution in [0.3, 0.4) is 0 Å². The first-order valence-electron chi connectivity index (χ1n) is 11.0. The standard InChI is InChI=1S/C24H29FN2O2S/c1-2-3-5-16-7-9-17(10-8-16)24(29)27-15-22(28)26-20-12-11-18(25)14-19(20)23(27)21-6-4-13-30-21/h4,6,11-14,16-17,23H,2-3,5,7-10,15H2,1H3,(H,26,28). The molecule has 0 saturated heterocycles. The van der Waals surface area contributed by atoms with E-state index in [-0.39, 0.29) is 30.1 Å². The molecule has 2 aliphatic rings. The minimum Gasteiger partial charge on any atom is -0.324 e. The van der Waals surface area contributed by atoms with Gasteiger partial charge in [-0.25, -0.2) is 4.39 Å². The molecule has 2 aromatic rings. The van der Waals surface area contributed by atoms with Crippen LogP contribution in [0.5, 0.6) is 0 Å². The number of carbonyl (C=O) groups is 2. The van der Waals surface area contributed by atoms with Gasteiger partial charge in [-0.2, -0.15) is 0 Å². The van der Waals surface area contributed by atoms with Gasteiger partial charge in [0, 0.05) is 22.0 Å². The lowest BCUT2D eigenvalue weighted by atomic mass is 9.79. The van der Waals surface area contributed by atoms with Crippen molar-refractivity contribution in [3.8, 4) is 0 Å². The van der Waals surface area contributed by atoms with Crippen LogP contribution in [0, 0.1) is 17.7 Å². The zero-order valence-corrected chi connectivity index (χ0v) is 18.2. The highest BCUT2D eigenvalue weighted by Crippen LogP contribution is 2.41. The predicted octanol–water partition coefficient (Wildman–Crippen LogP) is 5.75. The second-order valence-corrected chi connectivity index (χ2v) is 9.50. The van der Waals surface area contributed by atoms with Crippen molar-refractivity contribution >= 4 is 28.8 Å². The minimum absolute atomic E-state index is 0.00649. The van der Waals surface area contributed by atoms with Gasteiger partial charge in [-0.15, -0.1) is 11.3 Å². The largest absolute Gasteiger partial charge is 0.324 e. The Balaban J connectivity index is 1.62. The fourth-order valence-corrected chi connectivity index (χ4v) is 5.72. The van der Waals surface area contributed by atoms with Gasteiger partial charge in [0.15, 0.2) is 0 Å². The predicted molar refractivity (Wildman–Crippen MR) is 118 cm³/mol. The van der Waals surface area contributed by atoms with Crippen LogP contribution in [0.25, 0.3) is 0 Å². The highest BCUT2D eigenvalue weighted by Gasteiger charge is 2.38. The first-order valence-corrected chi connectivity index (χ1v) is 11.9. The Morgan fingerprint density at radius 1 is 1.23 bits per heavy atom. The quantitative estimate of drug-likeness (QED) is 0.659. The molecule has 1 aliphatic heterocycles. The number of anilines is 1. The van der Waals surface area contributed by atoms with Gasteiger partial charge in [-0.3, -0.25) is 9.59 Å². The van der Waals surface area contributed by atoms with E-state index < -0.39 is 6.04 Å². The fourth-order valence-electron chi connectivity index (χ4n) is 4.86. The van der Waals surface area contributed by atoms with E-state index in [1.165, 1.54) is 42.7 Å². The summed E-state index contributed by atoms with van der Waals surface area (Å²) < 4.78 is 14.2. The molecule has 160 valence electrons. The topological polar surface area (TPSA) is 49.4 Å². The number of nitrogens with zero attached hydrogens (tertiary/aromatic N) is 1. The molecule has 1 saturated carbocycles. The van der Waals surface area contributed by atoms with Crippen molar-refractivity contribution in [3.63, 3.8) is 0 Å². The number of hydrogen-bond acceptors (Lipinski definition) is 3. The molecule has 4 rings (SSSR count). The van der Waals surface area contributed by atoms with Crippen molar-refractivity contribution in [1.82, 2.24) is 4.90 Å². The molecule has 2 amide bonds. The third kappa shape index (κ3) is 4.43. The summed E-state index contributed by atoms with van der Waals surface area (Å²) in [7, 11) is 0. The zero-order valence-electron chi connectivity index (χ0n) is 17.4. The van der Waals surface area contributed by atoms with Crippen molar-refractivity contribution in [2.45, 2.75) is 57.9 Å². The van der Waals surface area contributed by atoms with E-state index >= 15 is 0 Å². The number of nitrogens with one attached hydrogen (secondary N) is 1. The van der Waals surface area contributed by atoms with Gasteiger partial charge in [-0.05, 0) is 61.2 Å². The smallest absolute Gasteiger partial charge is 0.244 e. The van der Waals surface area contributed by atoms with E-state index in [9.17, 15) is 14.0 Å². The highest BCUT2D eigenvalue weighted by atomic mass is 32.1. The van der Waals surface area contributed by atoms with E-state index in [0.717, 1.165) is 30.6 Å². The number of fused-ring (bicyclic) bond motifs is 1. The summed E-state index contributed by atoms with van der Waals surface area (Å²) in [6.45, 7) is 2.21. The molecule has 1 fully saturated rings. The van der Waals surface area contributed by atoms with Crippen LogP contribution >= 0.6 is 11.3 Å².